The predicted molar refractivity (Wildman–Crippen MR) is 101 cm³/mol. The van der Waals surface area contributed by atoms with Crippen LogP contribution in [0.3, 0.4) is 0 Å². The molecule has 3 heteroatoms. The van der Waals surface area contributed by atoms with Crippen LogP contribution in [0.1, 0.15) is 39.2 Å². The fourth-order valence-corrected chi connectivity index (χ4v) is 2.24. The lowest BCUT2D eigenvalue weighted by Gasteiger charge is -2.11. The lowest BCUT2D eigenvalue weighted by atomic mass is 10.1. The van der Waals surface area contributed by atoms with E-state index in [1.165, 1.54) is 5.56 Å². The molecule has 130 valence electrons. The van der Waals surface area contributed by atoms with Crippen molar-refractivity contribution in [1.29, 1.82) is 0 Å². The molecule has 0 radical (unpaired) electrons. The highest BCUT2D eigenvalue weighted by molar-refractivity contribution is 5.48. The Morgan fingerprint density at radius 1 is 0.917 bits per heavy atom. The third-order valence-electron chi connectivity index (χ3n) is 3.69. The summed E-state index contributed by atoms with van der Waals surface area (Å²) in [5.74, 6) is 2.52. The van der Waals surface area contributed by atoms with Crippen LogP contribution in [0.25, 0.3) is 0 Å². The highest BCUT2D eigenvalue weighted by Crippen LogP contribution is 2.19. The maximum Gasteiger partial charge on any atom is 0.121 e. The number of hydrogen-bond donors (Lipinski definition) is 1. The van der Waals surface area contributed by atoms with Gasteiger partial charge in [0.1, 0.15) is 11.5 Å². The van der Waals surface area contributed by atoms with Gasteiger partial charge in [0.05, 0.1) is 13.2 Å². The number of nitrogens with one attached hydrogen (secondary N) is 1. The second-order valence-electron chi connectivity index (χ2n) is 6.40. The largest absolute Gasteiger partial charge is 0.494 e. The Morgan fingerprint density at radius 3 is 2.38 bits per heavy atom. The number of benzene rings is 2. The second-order valence-corrected chi connectivity index (χ2v) is 6.40. The fourth-order valence-electron chi connectivity index (χ4n) is 2.24. The van der Waals surface area contributed by atoms with E-state index in [-0.39, 0.29) is 0 Å². The Balaban J connectivity index is 1.81. The van der Waals surface area contributed by atoms with Gasteiger partial charge in [-0.2, -0.15) is 0 Å². The Kier molecular flexibility index (Phi) is 7.47. The lowest BCUT2D eigenvalue weighted by molar-refractivity contribution is 0.289. The van der Waals surface area contributed by atoms with Crippen LogP contribution in [0.5, 0.6) is 11.5 Å². The van der Waals surface area contributed by atoms with Gasteiger partial charge >= 0.3 is 0 Å². The molecule has 0 atom stereocenters. The monoisotopic (exact) mass is 327 g/mol. The molecule has 2 rings (SSSR count). The molecule has 0 heterocycles. The van der Waals surface area contributed by atoms with Crippen molar-refractivity contribution in [2.75, 3.05) is 18.5 Å². The van der Waals surface area contributed by atoms with Crippen molar-refractivity contribution in [3.05, 3.63) is 54.1 Å². The van der Waals surface area contributed by atoms with Gasteiger partial charge in [0, 0.05) is 18.3 Å². The molecule has 0 fully saturated rings. The van der Waals surface area contributed by atoms with Gasteiger partial charge in [0.2, 0.25) is 0 Å². The molecule has 0 aromatic heterocycles. The molecule has 0 spiro atoms. The average molecular weight is 327 g/mol. The number of hydrogen-bond acceptors (Lipinski definition) is 3. The molecular formula is C21H29NO2. The van der Waals surface area contributed by atoms with E-state index in [1.54, 1.807) is 0 Å². The number of ether oxygens (including phenoxy) is 2. The Hall–Kier alpha value is -2.16. The van der Waals surface area contributed by atoms with E-state index in [0.717, 1.165) is 49.8 Å². The standard InChI is InChI=1S/C21H29NO2/c1-4-13-23-21-7-5-6-19(15-21)22-16-18-8-10-20(11-9-18)24-14-12-17(2)3/h5-11,15,17,22H,4,12-14,16H2,1-3H3. The first-order valence-corrected chi connectivity index (χ1v) is 8.86. The van der Waals surface area contributed by atoms with E-state index in [0.29, 0.717) is 5.92 Å². The molecule has 0 aliphatic rings. The van der Waals surface area contributed by atoms with Gasteiger partial charge in [-0.15, -0.1) is 0 Å². The third-order valence-corrected chi connectivity index (χ3v) is 3.69. The normalized spacial score (nSPS) is 10.7. The fraction of sp³-hybridized carbons (Fsp3) is 0.429. The second kappa shape index (κ2) is 9.86. The third kappa shape index (κ3) is 6.53. The number of anilines is 1. The van der Waals surface area contributed by atoms with Gasteiger partial charge in [0.15, 0.2) is 0 Å². The average Bonchev–Trinajstić information content (AvgIpc) is 2.59. The maximum atomic E-state index is 5.75. The highest BCUT2D eigenvalue weighted by Gasteiger charge is 2.00. The summed E-state index contributed by atoms with van der Waals surface area (Å²) in [6, 6.07) is 16.4. The quantitative estimate of drug-likeness (QED) is 0.624. The predicted octanol–water partition coefficient (Wildman–Crippen LogP) is 5.51. The van der Waals surface area contributed by atoms with E-state index in [4.69, 9.17) is 9.47 Å². The van der Waals surface area contributed by atoms with Crippen molar-refractivity contribution in [2.45, 2.75) is 40.2 Å². The molecule has 24 heavy (non-hydrogen) atoms. The minimum atomic E-state index is 0.672. The smallest absolute Gasteiger partial charge is 0.121 e. The van der Waals surface area contributed by atoms with Crippen LogP contribution in [-0.4, -0.2) is 13.2 Å². The molecule has 2 aromatic rings. The van der Waals surface area contributed by atoms with Gasteiger partial charge in [-0.3, -0.25) is 0 Å². The molecule has 0 unspecified atom stereocenters. The van der Waals surface area contributed by atoms with Crippen molar-refractivity contribution in [1.82, 2.24) is 0 Å². The SMILES string of the molecule is CCCOc1cccc(NCc2ccc(OCCC(C)C)cc2)c1. The van der Waals surface area contributed by atoms with Gasteiger partial charge in [-0.25, -0.2) is 0 Å². The van der Waals surface area contributed by atoms with E-state index in [2.05, 4.69) is 44.3 Å². The summed E-state index contributed by atoms with van der Waals surface area (Å²) in [4.78, 5) is 0. The van der Waals surface area contributed by atoms with Crippen molar-refractivity contribution in [2.24, 2.45) is 5.92 Å². The van der Waals surface area contributed by atoms with E-state index in [9.17, 15) is 0 Å². The molecule has 0 aliphatic heterocycles. The lowest BCUT2D eigenvalue weighted by Crippen LogP contribution is -2.02. The molecule has 0 saturated carbocycles. The van der Waals surface area contributed by atoms with Crippen LogP contribution in [-0.2, 0) is 6.54 Å². The summed E-state index contributed by atoms with van der Waals surface area (Å²) in [5.41, 5.74) is 2.30. The van der Waals surface area contributed by atoms with Crippen LogP contribution in [0.15, 0.2) is 48.5 Å². The van der Waals surface area contributed by atoms with Crippen LogP contribution >= 0.6 is 0 Å². The molecule has 0 aliphatic carbocycles. The van der Waals surface area contributed by atoms with Gasteiger partial charge < -0.3 is 14.8 Å². The topological polar surface area (TPSA) is 30.5 Å². The zero-order valence-corrected chi connectivity index (χ0v) is 15.0. The van der Waals surface area contributed by atoms with Crippen molar-refractivity contribution in [3.8, 4) is 11.5 Å². The first kappa shape index (κ1) is 18.2. The molecule has 0 bridgehead atoms. The van der Waals surface area contributed by atoms with Crippen molar-refractivity contribution < 1.29 is 9.47 Å². The van der Waals surface area contributed by atoms with Gasteiger partial charge in [-0.1, -0.05) is 39.0 Å². The molecule has 0 saturated heterocycles. The summed E-state index contributed by atoms with van der Waals surface area (Å²) in [7, 11) is 0. The summed E-state index contributed by atoms with van der Waals surface area (Å²) in [5, 5.41) is 3.43. The van der Waals surface area contributed by atoms with Crippen LogP contribution in [0, 0.1) is 5.92 Å². The summed E-state index contributed by atoms with van der Waals surface area (Å²) < 4.78 is 11.4. The minimum absolute atomic E-state index is 0.672. The molecule has 0 amide bonds. The van der Waals surface area contributed by atoms with E-state index >= 15 is 0 Å². The Labute approximate surface area is 146 Å². The minimum Gasteiger partial charge on any atom is -0.494 e. The van der Waals surface area contributed by atoms with Crippen molar-refractivity contribution in [3.63, 3.8) is 0 Å². The maximum absolute atomic E-state index is 5.75. The highest BCUT2D eigenvalue weighted by atomic mass is 16.5. The first-order valence-electron chi connectivity index (χ1n) is 8.86. The zero-order valence-electron chi connectivity index (χ0n) is 15.0. The van der Waals surface area contributed by atoms with Crippen LogP contribution in [0.2, 0.25) is 0 Å². The van der Waals surface area contributed by atoms with E-state index < -0.39 is 0 Å². The van der Waals surface area contributed by atoms with Crippen LogP contribution in [0.4, 0.5) is 5.69 Å². The first-order chi connectivity index (χ1) is 11.7. The molecular weight excluding hydrogens is 298 g/mol. The van der Waals surface area contributed by atoms with Gasteiger partial charge in [-0.05, 0) is 48.6 Å². The van der Waals surface area contributed by atoms with Gasteiger partial charge in [0.25, 0.3) is 0 Å². The zero-order chi connectivity index (χ0) is 17.2. The molecule has 1 N–H and O–H groups in total. The Morgan fingerprint density at radius 2 is 1.67 bits per heavy atom. The van der Waals surface area contributed by atoms with E-state index in [1.807, 2.05) is 30.3 Å². The molecule has 3 nitrogen and oxygen atoms in total. The number of rotatable bonds is 10. The summed E-state index contributed by atoms with van der Waals surface area (Å²) >= 11 is 0. The van der Waals surface area contributed by atoms with Crippen LogP contribution < -0.4 is 14.8 Å². The summed E-state index contributed by atoms with van der Waals surface area (Å²) in [6.07, 6.45) is 2.10. The molecule has 2 aromatic carbocycles. The Bertz CT molecular complexity index is 593. The van der Waals surface area contributed by atoms with Crippen molar-refractivity contribution >= 4 is 5.69 Å². The summed E-state index contributed by atoms with van der Waals surface area (Å²) in [6.45, 7) is 8.84.